The van der Waals surface area contributed by atoms with E-state index < -0.39 is 17.9 Å². The van der Waals surface area contributed by atoms with Crippen LogP contribution in [0.4, 0.5) is 0 Å². The summed E-state index contributed by atoms with van der Waals surface area (Å²) in [6.45, 7) is 5.83. The summed E-state index contributed by atoms with van der Waals surface area (Å²) >= 11 is 0. The van der Waals surface area contributed by atoms with Crippen LogP contribution >= 0.6 is 0 Å². The van der Waals surface area contributed by atoms with Crippen LogP contribution in [0.3, 0.4) is 0 Å². The molecule has 0 aromatic rings. The number of esters is 3. The fourth-order valence-electron chi connectivity index (χ4n) is 1.67. The summed E-state index contributed by atoms with van der Waals surface area (Å²) in [5.41, 5.74) is -0.325. The first-order valence-electron chi connectivity index (χ1n) is 8.60. The first-order valence-corrected chi connectivity index (χ1v) is 8.60. The minimum Gasteiger partial charge on any atom is -0.462 e. The molecule has 0 aromatic heterocycles. The van der Waals surface area contributed by atoms with Gasteiger partial charge < -0.3 is 23.7 Å². The molecule has 0 unspecified atom stereocenters. The summed E-state index contributed by atoms with van der Waals surface area (Å²) < 4.78 is 24.8. The molecule has 0 radical (unpaired) electrons. The Morgan fingerprint density at radius 1 is 0.714 bits per heavy atom. The third-order valence-electron chi connectivity index (χ3n) is 2.89. The molecule has 0 bridgehead atoms. The van der Waals surface area contributed by atoms with Crippen LogP contribution in [0.2, 0.25) is 0 Å². The van der Waals surface area contributed by atoms with E-state index in [1.165, 1.54) is 6.92 Å². The van der Waals surface area contributed by atoms with Crippen molar-refractivity contribution in [2.75, 3.05) is 46.8 Å². The van der Waals surface area contributed by atoms with Crippen molar-refractivity contribution in [3.8, 4) is 0 Å². The van der Waals surface area contributed by atoms with Gasteiger partial charge in [-0.25, -0.2) is 14.4 Å². The highest BCUT2D eigenvalue weighted by atomic mass is 16.6. The van der Waals surface area contributed by atoms with Crippen molar-refractivity contribution in [3.63, 3.8) is 0 Å². The van der Waals surface area contributed by atoms with Gasteiger partial charge in [0, 0.05) is 30.8 Å². The lowest BCUT2D eigenvalue weighted by Gasteiger charge is -2.22. The number of carbonyl (C=O) groups excluding carboxylic acids is 4. The lowest BCUT2D eigenvalue weighted by Crippen LogP contribution is -2.26. The van der Waals surface area contributed by atoms with Gasteiger partial charge in [-0.1, -0.05) is 13.8 Å². The smallest absolute Gasteiger partial charge is 0.331 e. The summed E-state index contributed by atoms with van der Waals surface area (Å²) in [7, 11) is 1.56. The lowest BCUT2D eigenvalue weighted by molar-refractivity contribution is -0.144. The number of ether oxygens (including phenoxy) is 5. The minimum atomic E-state index is -0.711. The Labute approximate surface area is 164 Å². The number of hydrogen-bond donors (Lipinski definition) is 0. The summed E-state index contributed by atoms with van der Waals surface area (Å²) in [6.07, 6.45) is 4.08. The third kappa shape index (κ3) is 15.7. The maximum Gasteiger partial charge on any atom is 0.331 e. The van der Waals surface area contributed by atoms with E-state index in [0.717, 1.165) is 24.3 Å². The van der Waals surface area contributed by atoms with Crippen LogP contribution in [0.1, 0.15) is 20.8 Å². The zero-order valence-corrected chi connectivity index (χ0v) is 16.7. The fourth-order valence-corrected chi connectivity index (χ4v) is 1.67. The Bertz CT molecular complexity index is 576. The van der Waals surface area contributed by atoms with E-state index in [-0.39, 0.29) is 44.2 Å². The van der Waals surface area contributed by atoms with Crippen molar-refractivity contribution in [3.05, 3.63) is 24.3 Å². The molecule has 0 aliphatic rings. The number of carbonyl (C=O) groups is 4. The van der Waals surface area contributed by atoms with Crippen LogP contribution < -0.4 is 0 Å². The van der Waals surface area contributed by atoms with Crippen molar-refractivity contribution < 1.29 is 42.9 Å². The maximum atomic E-state index is 11.5. The molecule has 0 rings (SSSR count). The van der Waals surface area contributed by atoms with Gasteiger partial charge in [-0.15, -0.1) is 0 Å². The van der Waals surface area contributed by atoms with Gasteiger partial charge in [0.1, 0.15) is 13.2 Å². The number of ketones is 1. The molecule has 0 saturated heterocycles. The van der Waals surface area contributed by atoms with Gasteiger partial charge >= 0.3 is 17.9 Å². The molecule has 0 spiro atoms. The Kier molecular flexibility index (Phi) is 13.2. The summed E-state index contributed by atoms with van der Waals surface area (Å²) in [4.78, 5) is 44.8. The van der Waals surface area contributed by atoms with Crippen molar-refractivity contribution in [1.82, 2.24) is 0 Å². The van der Waals surface area contributed by atoms with Gasteiger partial charge in [0.25, 0.3) is 0 Å². The number of hydrogen-bond acceptors (Lipinski definition) is 9. The van der Waals surface area contributed by atoms with Crippen molar-refractivity contribution >= 4 is 23.7 Å². The molecule has 0 aliphatic heterocycles. The SMILES string of the molecule is COCC(C)(C)COC(=O)/C=C/C(=O)OCCOCCOC(=O)/C=C/C(C)=O. The van der Waals surface area contributed by atoms with Crippen LogP contribution in [0, 0.1) is 5.41 Å². The summed E-state index contributed by atoms with van der Waals surface area (Å²) in [6, 6.07) is 0. The first kappa shape index (κ1) is 25.5. The van der Waals surface area contributed by atoms with Gasteiger partial charge in [-0.05, 0) is 13.0 Å². The molecular formula is C19H28O9. The normalized spacial score (nSPS) is 11.6. The van der Waals surface area contributed by atoms with E-state index in [1.807, 2.05) is 13.8 Å². The molecule has 0 aromatic carbocycles. The Morgan fingerprint density at radius 2 is 1.18 bits per heavy atom. The zero-order chi connectivity index (χ0) is 21.4. The molecule has 0 aliphatic carbocycles. The Morgan fingerprint density at radius 3 is 1.64 bits per heavy atom. The molecular weight excluding hydrogens is 372 g/mol. The minimum absolute atomic E-state index is 0.000186. The molecule has 0 N–H and O–H groups in total. The second kappa shape index (κ2) is 14.5. The molecule has 28 heavy (non-hydrogen) atoms. The van der Waals surface area contributed by atoms with Crippen molar-refractivity contribution in [1.29, 1.82) is 0 Å². The van der Waals surface area contributed by atoms with E-state index in [9.17, 15) is 19.2 Å². The van der Waals surface area contributed by atoms with Gasteiger partial charge in [-0.3, -0.25) is 4.79 Å². The van der Waals surface area contributed by atoms with Crippen LogP contribution in [0.15, 0.2) is 24.3 Å². The lowest BCUT2D eigenvalue weighted by atomic mass is 9.96. The topological polar surface area (TPSA) is 114 Å². The first-order chi connectivity index (χ1) is 13.2. The van der Waals surface area contributed by atoms with Crippen molar-refractivity contribution in [2.24, 2.45) is 5.41 Å². The summed E-state index contributed by atoms with van der Waals surface area (Å²) in [5.74, 6) is -2.27. The van der Waals surface area contributed by atoms with E-state index in [0.29, 0.717) is 6.61 Å². The highest BCUT2D eigenvalue weighted by Crippen LogP contribution is 2.15. The molecule has 0 saturated carbocycles. The Balaban J connectivity index is 3.79. The predicted molar refractivity (Wildman–Crippen MR) is 98.3 cm³/mol. The van der Waals surface area contributed by atoms with Gasteiger partial charge in [0.2, 0.25) is 0 Å². The molecule has 9 nitrogen and oxygen atoms in total. The maximum absolute atomic E-state index is 11.5. The molecule has 0 amide bonds. The van der Waals surface area contributed by atoms with E-state index >= 15 is 0 Å². The third-order valence-corrected chi connectivity index (χ3v) is 2.89. The van der Waals surface area contributed by atoms with E-state index in [4.69, 9.17) is 23.7 Å². The number of methoxy groups -OCH3 is 1. The van der Waals surface area contributed by atoms with E-state index in [2.05, 4.69) is 0 Å². The number of rotatable bonds is 14. The second-order valence-electron chi connectivity index (χ2n) is 6.43. The Hall–Kier alpha value is -2.52. The van der Waals surface area contributed by atoms with Gasteiger partial charge in [0.15, 0.2) is 5.78 Å². The van der Waals surface area contributed by atoms with Gasteiger partial charge in [-0.2, -0.15) is 0 Å². The zero-order valence-electron chi connectivity index (χ0n) is 16.7. The number of allylic oxidation sites excluding steroid dienone is 1. The highest BCUT2D eigenvalue weighted by Gasteiger charge is 2.19. The van der Waals surface area contributed by atoms with Crippen LogP contribution in [-0.4, -0.2) is 70.4 Å². The molecule has 158 valence electrons. The monoisotopic (exact) mass is 400 g/mol. The molecule has 0 atom stereocenters. The van der Waals surface area contributed by atoms with Crippen molar-refractivity contribution in [2.45, 2.75) is 20.8 Å². The molecule has 0 heterocycles. The average molecular weight is 400 g/mol. The second-order valence-corrected chi connectivity index (χ2v) is 6.43. The highest BCUT2D eigenvalue weighted by molar-refractivity contribution is 5.94. The predicted octanol–water partition coefficient (Wildman–Crippen LogP) is 1.01. The van der Waals surface area contributed by atoms with Crippen LogP contribution in [-0.2, 0) is 42.9 Å². The largest absolute Gasteiger partial charge is 0.462 e. The molecule has 0 fully saturated rings. The fraction of sp³-hybridized carbons (Fsp3) is 0.579. The molecule has 9 heteroatoms. The van der Waals surface area contributed by atoms with Crippen LogP contribution in [0.5, 0.6) is 0 Å². The average Bonchev–Trinajstić information content (AvgIpc) is 2.62. The van der Waals surface area contributed by atoms with E-state index in [1.54, 1.807) is 7.11 Å². The van der Waals surface area contributed by atoms with Gasteiger partial charge in [0.05, 0.1) is 26.4 Å². The standard InChI is InChI=1S/C19H28O9/c1-15(20)5-6-16(21)26-11-9-25-10-12-27-17(22)7-8-18(23)28-14-19(2,3)13-24-4/h5-8H,9-14H2,1-4H3/b6-5+,8-7+. The summed E-state index contributed by atoms with van der Waals surface area (Å²) in [5, 5.41) is 0. The van der Waals surface area contributed by atoms with Crippen LogP contribution in [0.25, 0.3) is 0 Å². The quantitative estimate of drug-likeness (QED) is 0.182.